The van der Waals surface area contributed by atoms with E-state index in [0.717, 1.165) is 0 Å². The largest absolute Gasteiger partial charge is 0.333 e. The second-order valence-corrected chi connectivity index (χ2v) is 10.3. The molecule has 0 saturated carbocycles. The fourth-order valence-corrected chi connectivity index (χ4v) is 2.56. The van der Waals surface area contributed by atoms with Gasteiger partial charge in [0.15, 0.2) is 0 Å². The predicted octanol–water partition coefficient (Wildman–Crippen LogP) is 8.60. The molecule has 0 aromatic carbocycles. The molecule has 0 saturated heterocycles. The van der Waals surface area contributed by atoms with Crippen molar-refractivity contribution in [3.8, 4) is 0 Å². The highest BCUT2D eigenvalue weighted by Crippen LogP contribution is 2.04. The first-order valence-electron chi connectivity index (χ1n) is 13.8. The molecule has 0 fully saturated rings. The van der Waals surface area contributed by atoms with Gasteiger partial charge in [-0.15, -0.1) is 0 Å². The lowest BCUT2D eigenvalue weighted by Gasteiger charge is -1.93. The molecule has 2 atom stereocenters. The predicted molar refractivity (Wildman–Crippen MR) is 159 cm³/mol. The molecule has 0 bridgehead atoms. The fourth-order valence-electron chi connectivity index (χ4n) is 2.56. The van der Waals surface area contributed by atoms with E-state index in [9.17, 15) is 8.42 Å². The highest BCUT2D eigenvalue weighted by molar-refractivity contribution is 8.56. The SMILES string of the molecule is CCCCCCCC.CCCCCCCC.CCCCCCCC.CN.CN.O=S(O)S(=O)O. The van der Waals surface area contributed by atoms with Crippen LogP contribution in [0.1, 0.15) is 157 Å². The van der Waals surface area contributed by atoms with Crippen LogP contribution in [0.5, 0.6) is 0 Å². The van der Waals surface area contributed by atoms with E-state index < -0.39 is 20.2 Å². The lowest BCUT2D eigenvalue weighted by molar-refractivity contribution is 0.548. The van der Waals surface area contributed by atoms with Gasteiger partial charge in [0.05, 0.1) is 0 Å². The van der Waals surface area contributed by atoms with Crippen molar-refractivity contribution in [2.75, 3.05) is 14.1 Å². The van der Waals surface area contributed by atoms with Gasteiger partial charge < -0.3 is 11.5 Å². The molecule has 216 valence electrons. The van der Waals surface area contributed by atoms with Gasteiger partial charge in [0, 0.05) is 0 Å². The Labute approximate surface area is 220 Å². The molecule has 0 spiro atoms. The van der Waals surface area contributed by atoms with E-state index in [1.54, 1.807) is 0 Å². The second kappa shape index (κ2) is 58.7. The molecule has 6 nitrogen and oxygen atoms in total. The Balaban J connectivity index is -0.0000000734. The zero-order valence-corrected chi connectivity index (χ0v) is 26.0. The Morgan fingerprint density at radius 1 is 0.382 bits per heavy atom. The van der Waals surface area contributed by atoms with Crippen molar-refractivity contribution in [3.05, 3.63) is 0 Å². The number of nitrogens with two attached hydrogens (primary N) is 2. The maximum absolute atomic E-state index is 9.26. The quantitative estimate of drug-likeness (QED) is 0.0891. The van der Waals surface area contributed by atoms with Crippen LogP contribution in [0, 0.1) is 0 Å². The molecule has 0 aliphatic rings. The zero-order valence-electron chi connectivity index (χ0n) is 24.4. The van der Waals surface area contributed by atoms with Gasteiger partial charge in [0.2, 0.25) is 0 Å². The minimum atomic E-state index is -2.59. The maximum atomic E-state index is 9.26. The van der Waals surface area contributed by atoms with Crippen molar-refractivity contribution in [3.63, 3.8) is 0 Å². The number of hydrogen-bond acceptors (Lipinski definition) is 4. The van der Waals surface area contributed by atoms with Crippen LogP contribution < -0.4 is 11.5 Å². The van der Waals surface area contributed by atoms with Gasteiger partial charge in [0.25, 0.3) is 20.2 Å². The Kier molecular flexibility index (Phi) is 81.8. The van der Waals surface area contributed by atoms with Crippen molar-refractivity contribution in [2.45, 2.75) is 157 Å². The molecule has 0 radical (unpaired) electrons. The summed E-state index contributed by atoms with van der Waals surface area (Å²) in [6.45, 7) is 13.5. The fraction of sp³-hybridized carbons (Fsp3) is 1.00. The zero-order chi connectivity index (χ0) is 27.9. The van der Waals surface area contributed by atoms with Gasteiger partial charge in [-0.3, -0.25) is 9.11 Å². The van der Waals surface area contributed by atoms with Crippen molar-refractivity contribution in [1.29, 1.82) is 0 Å². The molecular weight excluding hydrogens is 468 g/mol. The van der Waals surface area contributed by atoms with Crippen LogP contribution >= 0.6 is 0 Å². The Bertz CT molecular complexity index is 267. The molecule has 0 aromatic rings. The van der Waals surface area contributed by atoms with Gasteiger partial charge in [-0.1, -0.05) is 157 Å². The van der Waals surface area contributed by atoms with E-state index in [4.69, 9.17) is 9.11 Å². The highest BCUT2D eigenvalue weighted by Gasteiger charge is 1.95. The average Bonchev–Trinajstić information content (AvgIpc) is 2.86. The smallest absolute Gasteiger partial charge is 0.274 e. The molecule has 0 amide bonds. The summed E-state index contributed by atoms with van der Waals surface area (Å²) >= 11 is 0. The van der Waals surface area contributed by atoms with Crippen LogP contribution in [0.25, 0.3) is 0 Å². The lowest BCUT2D eigenvalue weighted by Crippen LogP contribution is -1.93. The third-order valence-corrected chi connectivity index (χ3v) is 5.47. The standard InChI is InChI=1S/3C8H18.2CH5N.H2O4S2/c3*1-3-5-7-8-6-4-2;2*1-2;1-5(2)6(3)4/h3*3-8H2,1-2H3;2*2H2,1H3;(H,1,2)(H,3,4). The molecule has 0 aliphatic carbocycles. The summed E-state index contributed by atoms with van der Waals surface area (Å²) in [6, 6.07) is 0. The van der Waals surface area contributed by atoms with Gasteiger partial charge in [-0.05, 0) is 14.1 Å². The van der Waals surface area contributed by atoms with Gasteiger partial charge >= 0.3 is 0 Å². The number of unbranched alkanes of at least 4 members (excludes halogenated alkanes) is 15. The Morgan fingerprint density at radius 2 is 0.500 bits per heavy atom. The average molecular weight is 535 g/mol. The first-order valence-corrected chi connectivity index (χ1v) is 16.5. The molecule has 0 heterocycles. The van der Waals surface area contributed by atoms with Crippen molar-refractivity contribution >= 4 is 20.2 Å². The summed E-state index contributed by atoms with van der Waals surface area (Å²) in [7, 11) is -2.18. The van der Waals surface area contributed by atoms with Crippen LogP contribution in [0.15, 0.2) is 0 Å². The molecule has 0 aromatic heterocycles. The van der Waals surface area contributed by atoms with Crippen LogP contribution in [-0.4, -0.2) is 31.6 Å². The van der Waals surface area contributed by atoms with Crippen molar-refractivity contribution < 1.29 is 17.5 Å². The molecule has 34 heavy (non-hydrogen) atoms. The molecule has 6 N–H and O–H groups in total. The molecule has 0 aliphatic heterocycles. The molecule has 8 heteroatoms. The minimum Gasteiger partial charge on any atom is -0.333 e. The van der Waals surface area contributed by atoms with E-state index in [-0.39, 0.29) is 0 Å². The van der Waals surface area contributed by atoms with Gasteiger partial charge in [-0.2, -0.15) is 0 Å². The Hall–Kier alpha value is 0.140. The first-order chi connectivity index (χ1) is 16.4. The van der Waals surface area contributed by atoms with Gasteiger partial charge in [-0.25, -0.2) is 8.42 Å². The summed E-state index contributed by atoms with van der Waals surface area (Å²) in [5.74, 6) is 0. The normalized spacial score (nSPS) is 10.7. The summed E-state index contributed by atoms with van der Waals surface area (Å²) < 4.78 is 33.6. The topological polar surface area (TPSA) is 127 Å². The van der Waals surface area contributed by atoms with Crippen LogP contribution in [0.4, 0.5) is 0 Å². The van der Waals surface area contributed by atoms with E-state index in [0.29, 0.717) is 0 Å². The van der Waals surface area contributed by atoms with Crippen LogP contribution in [0.2, 0.25) is 0 Å². The summed E-state index contributed by atoms with van der Waals surface area (Å²) in [4.78, 5) is 0. The molecule has 2 unspecified atom stereocenters. The number of rotatable bonds is 16. The number of hydrogen-bond donors (Lipinski definition) is 4. The van der Waals surface area contributed by atoms with Crippen LogP contribution in [0.3, 0.4) is 0 Å². The first kappa shape index (κ1) is 47.4. The summed E-state index contributed by atoms with van der Waals surface area (Å²) in [5, 5.41) is 0. The summed E-state index contributed by atoms with van der Waals surface area (Å²) in [6.07, 6.45) is 25.5. The third kappa shape index (κ3) is 85.1. The second-order valence-electron chi connectivity index (χ2n) is 7.68. The monoisotopic (exact) mass is 534 g/mol. The lowest BCUT2D eigenvalue weighted by atomic mass is 10.1. The molecular formula is C26H66N2O4S2. The van der Waals surface area contributed by atoms with Crippen molar-refractivity contribution in [1.82, 2.24) is 0 Å². The van der Waals surface area contributed by atoms with E-state index >= 15 is 0 Å². The maximum Gasteiger partial charge on any atom is 0.274 e. The van der Waals surface area contributed by atoms with E-state index in [1.165, 1.54) is 130 Å². The van der Waals surface area contributed by atoms with E-state index in [1.807, 2.05) is 0 Å². The van der Waals surface area contributed by atoms with E-state index in [2.05, 4.69) is 53.0 Å². The Morgan fingerprint density at radius 3 is 0.559 bits per heavy atom. The highest BCUT2D eigenvalue weighted by atomic mass is 33.2. The minimum absolute atomic E-state index is 1.36. The van der Waals surface area contributed by atoms with Gasteiger partial charge in [0.1, 0.15) is 0 Å². The third-order valence-electron chi connectivity index (χ3n) is 4.49. The summed E-state index contributed by atoms with van der Waals surface area (Å²) in [5.41, 5.74) is 9.00. The van der Waals surface area contributed by atoms with Crippen molar-refractivity contribution in [2.24, 2.45) is 11.5 Å². The van der Waals surface area contributed by atoms with Crippen LogP contribution in [-0.2, 0) is 20.2 Å². The molecule has 0 rings (SSSR count).